The van der Waals surface area contributed by atoms with Gasteiger partial charge >= 0.3 is 26.2 Å². The van der Waals surface area contributed by atoms with E-state index in [0.717, 1.165) is 41.4 Å². The van der Waals surface area contributed by atoms with Gasteiger partial charge in [-0.2, -0.15) is 0 Å². The van der Waals surface area contributed by atoms with Gasteiger partial charge in [0, 0.05) is 0 Å². The molecule has 3 saturated carbocycles. The molecule has 0 amide bonds. The van der Waals surface area contributed by atoms with E-state index >= 15 is 0 Å². The summed E-state index contributed by atoms with van der Waals surface area (Å²) in [5, 5.41) is 0. The topological polar surface area (TPSA) is 0 Å². The van der Waals surface area contributed by atoms with Crippen LogP contribution in [0, 0.1) is 71.1 Å². The smallest absolute Gasteiger partial charge is 0.358 e. The third kappa shape index (κ3) is 8.06. The molecule has 0 aromatic carbocycles. The molecule has 0 nitrogen and oxygen atoms in total. The second-order valence-electron chi connectivity index (χ2n) is 8.17. The molecule has 0 aromatic rings. The van der Waals surface area contributed by atoms with Gasteiger partial charge in [0.05, 0.1) is 0 Å². The monoisotopic (exact) mass is 414 g/mol. The van der Waals surface area contributed by atoms with Crippen LogP contribution in [0.5, 0.6) is 0 Å². The first-order valence-electron chi connectivity index (χ1n) is 9.00. The van der Waals surface area contributed by atoms with Gasteiger partial charge in [0.2, 0.25) is 0 Å². The molecule has 3 fully saturated rings. The van der Waals surface area contributed by atoms with E-state index in [2.05, 4.69) is 34.6 Å². The molecule has 0 aromatic heterocycles. The Morgan fingerprint density at radius 2 is 1.00 bits per heavy atom. The Labute approximate surface area is 176 Å². The Balaban J connectivity index is -0.000000139. The minimum absolute atomic E-state index is 0. The molecule has 3 aliphatic rings. The largest absolute Gasteiger partial charge is 4.00 e. The maximum Gasteiger partial charge on any atom is 4.00 e. The van der Waals surface area contributed by atoms with Crippen LogP contribution < -0.4 is 0 Å². The first-order valence-corrected chi connectivity index (χ1v) is 9.00. The van der Waals surface area contributed by atoms with Gasteiger partial charge in [-0.3, -0.25) is 0 Å². The van der Waals surface area contributed by atoms with Crippen LogP contribution in [0.1, 0.15) is 79.6 Å². The van der Waals surface area contributed by atoms with Crippen molar-refractivity contribution in [2.45, 2.75) is 79.6 Å². The summed E-state index contributed by atoms with van der Waals surface area (Å²) < 4.78 is 0. The van der Waals surface area contributed by atoms with Gasteiger partial charge in [-0.1, -0.05) is 60.3 Å². The standard InChI is InChI=1S/C10H18.C9H18.4CH3.Zr/c1-8-6-7-9-4-2-3-5-10(8)9;1-6-5-7(2)9(4)8(6)3;;;;;/h8-10H,2-7H2,1H3;6-9H,5H2,1-4H3;4*1H3;/q;;4*-1;+4. The summed E-state index contributed by atoms with van der Waals surface area (Å²) in [6.07, 6.45) is 10.7. The molecular formula is C23H48Zr. The van der Waals surface area contributed by atoms with E-state index in [1.165, 1.54) is 25.7 Å². The zero-order valence-electron chi connectivity index (χ0n) is 18.5. The number of rotatable bonds is 0. The predicted molar refractivity (Wildman–Crippen MR) is 111 cm³/mol. The van der Waals surface area contributed by atoms with Crippen LogP contribution in [-0.2, 0) is 26.2 Å². The normalized spacial score (nSPS) is 39.1. The molecule has 3 aliphatic carbocycles. The quantitative estimate of drug-likeness (QED) is 0.352. The summed E-state index contributed by atoms with van der Waals surface area (Å²) in [7, 11) is 0. The average Bonchev–Trinajstić information content (AvgIpc) is 2.88. The fraction of sp³-hybridized carbons (Fsp3) is 0.826. The Kier molecular flexibility index (Phi) is 20.3. The molecule has 0 heterocycles. The summed E-state index contributed by atoms with van der Waals surface area (Å²) in [6, 6.07) is 0. The first-order chi connectivity index (χ1) is 9.00. The molecule has 1 heteroatoms. The molecule has 24 heavy (non-hydrogen) atoms. The van der Waals surface area contributed by atoms with E-state index in [4.69, 9.17) is 0 Å². The third-order valence-electron chi connectivity index (χ3n) is 7.06. The van der Waals surface area contributed by atoms with Crippen molar-refractivity contribution < 1.29 is 26.2 Å². The van der Waals surface area contributed by atoms with Gasteiger partial charge in [-0.25, -0.2) is 0 Å². The Morgan fingerprint density at radius 1 is 0.542 bits per heavy atom. The van der Waals surface area contributed by atoms with Crippen molar-refractivity contribution in [3.63, 3.8) is 0 Å². The second kappa shape index (κ2) is 15.0. The van der Waals surface area contributed by atoms with E-state index in [-0.39, 0.29) is 55.9 Å². The van der Waals surface area contributed by atoms with E-state index < -0.39 is 0 Å². The summed E-state index contributed by atoms with van der Waals surface area (Å²) in [4.78, 5) is 0. The number of hydrogen-bond acceptors (Lipinski definition) is 0. The zero-order chi connectivity index (χ0) is 14.0. The molecule has 7 unspecified atom stereocenters. The second-order valence-corrected chi connectivity index (χ2v) is 8.17. The maximum absolute atomic E-state index is 2.45. The van der Waals surface area contributed by atoms with E-state index in [1.807, 2.05) is 0 Å². The van der Waals surface area contributed by atoms with Crippen LogP contribution in [0.3, 0.4) is 0 Å². The predicted octanol–water partition coefficient (Wildman–Crippen LogP) is 7.96. The molecular weight excluding hydrogens is 367 g/mol. The van der Waals surface area contributed by atoms with Gasteiger partial charge in [-0.05, 0) is 60.7 Å². The van der Waals surface area contributed by atoms with Crippen molar-refractivity contribution in [3.8, 4) is 0 Å². The fourth-order valence-electron chi connectivity index (χ4n) is 5.09. The molecule has 0 spiro atoms. The zero-order valence-corrected chi connectivity index (χ0v) is 20.9. The van der Waals surface area contributed by atoms with Crippen molar-refractivity contribution in [1.82, 2.24) is 0 Å². The summed E-state index contributed by atoms with van der Waals surface area (Å²) in [6.45, 7) is 12.0. The molecule has 0 radical (unpaired) electrons. The van der Waals surface area contributed by atoms with Crippen molar-refractivity contribution in [3.05, 3.63) is 29.7 Å². The van der Waals surface area contributed by atoms with Gasteiger partial charge in [0.25, 0.3) is 0 Å². The van der Waals surface area contributed by atoms with Crippen LogP contribution in [0.15, 0.2) is 0 Å². The molecule has 0 saturated heterocycles. The Hall–Kier alpha value is 0.883. The van der Waals surface area contributed by atoms with Gasteiger partial charge in [0.15, 0.2) is 0 Å². The van der Waals surface area contributed by atoms with Crippen LogP contribution in [0.2, 0.25) is 0 Å². The van der Waals surface area contributed by atoms with Crippen LogP contribution in [-0.4, -0.2) is 0 Å². The summed E-state index contributed by atoms with van der Waals surface area (Å²) in [5.41, 5.74) is 0. The van der Waals surface area contributed by atoms with Crippen LogP contribution in [0.25, 0.3) is 0 Å². The van der Waals surface area contributed by atoms with E-state index in [1.54, 1.807) is 19.3 Å². The van der Waals surface area contributed by atoms with Crippen LogP contribution >= 0.6 is 0 Å². The minimum Gasteiger partial charge on any atom is -0.358 e. The van der Waals surface area contributed by atoms with Gasteiger partial charge in [0.1, 0.15) is 0 Å². The average molecular weight is 416 g/mol. The van der Waals surface area contributed by atoms with Crippen molar-refractivity contribution >= 4 is 0 Å². The summed E-state index contributed by atoms with van der Waals surface area (Å²) >= 11 is 0. The van der Waals surface area contributed by atoms with Gasteiger partial charge in [-0.15, -0.1) is 0 Å². The number of fused-ring (bicyclic) bond motifs is 1. The molecule has 0 aliphatic heterocycles. The van der Waals surface area contributed by atoms with Gasteiger partial charge < -0.3 is 29.7 Å². The minimum atomic E-state index is 0. The molecule has 144 valence electrons. The van der Waals surface area contributed by atoms with Crippen LogP contribution in [0.4, 0.5) is 0 Å². The SMILES string of the molecule is CC1CC(C)C(C)C1C.CC1CCC2CCCCC12.[CH3-].[CH3-].[CH3-].[CH3-].[Zr+4]. The third-order valence-corrected chi connectivity index (χ3v) is 7.06. The summed E-state index contributed by atoms with van der Waals surface area (Å²) in [5.74, 6) is 7.19. The van der Waals surface area contributed by atoms with E-state index in [0.29, 0.717) is 0 Å². The number of hydrogen-bond donors (Lipinski definition) is 0. The Morgan fingerprint density at radius 3 is 1.38 bits per heavy atom. The van der Waals surface area contributed by atoms with E-state index in [9.17, 15) is 0 Å². The molecule has 7 atom stereocenters. The fourth-order valence-corrected chi connectivity index (χ4v) is 5.09. The maximum atomic E-state index is 2.45. The Bertz CT molecular complexity index is 261. The molecule has 0 bridgehead atoms. The molecule has 3 rings (SSSR count). The van der Waals surface area contributed by atoms with Crippen molar-refractivity contribution in [2.75, 3.05) is 0 Å². The van der Waals surface area contributed by atoms with Crippen molar-refractivity contribution in [1.29, 1.82) is 0 Å². The first kappa shape index (κ1) is 32.5. The van der Waals surface area contributed by atoms with Crippen molar-refractivity contribution in [2.24, 2.45) is 41.4 Å². The molecule has 0 N–H and O–H groups in total.